The molecule has 1 aromatic rings. The third-order valence-electron chi connectivity index (χ3n) is 2.77. The first-order valence-corrected chi connectivity index (χ1v) is 5.24. The van der Waals surface area contributed by atoms with Crippen LogP contribution >= 0.6 is 0 Å². The summed E-state index contributed by atoms with van der Waals surface area (Å²) in [6.07, 6.45) is 1.61. The van der Waals surface area contributed by atoms with Crippen molar-refractivity contribution in [3.8, 4) is 0 Å². The number of ether oxygens (including phenoxy) is 1. The molecule has 5 heteroatoms. The summed E-state index contributed by atoms with van der Waals surface area (Å²) in [7, 11) is 1.66. The van der Waals surface area contributed by atoms with Crippen molar-refractivity contribution in [1.29, 1.82) is 0 Å². The van der Waals surface area contributed by atoms with E-state index in [4.69, 9.17) is 15.0 Å². The summed E-state index contributed by atoms with van der Waals surface area (Å²) in [5.74, 6) is 1.04. The van der Waals surface area contributed by atoms with E-state index in [1.807, 2.05) is 20.8 Å². The normalized spacial score (nSPS) is 14.2. The summed E-state index contributed by atoms with van der Waals surface area (Å²) in [5, 5.41) is 3.93. The van der Waals surface area contributed by atoms with Crippen LogP contribution in [0.2, 0.25) is 0 Å². The number of hydrogen-bond acceptors (Lipinski definition) is 5. The van der Waals surface area contributed by atoms with E-state index in [9.17, 15) is 0 Å². The van der Waals surface area contributed by atoms with Crippen LogP contribution in [0.4, 0.5) is 0 Å². The van der Waals surface area contributed by atoms with Crippen LogP contribution in [0.3, 0.4) is 0 Å². The Morgan fingerprint density at radius 1 is 1.47 bits per heavy atom. The first-order valence-electron chi connectivity index (χ1n) is 5.24. The van der Waals surface area contributed by atoms with E-state index in [1.54, 1.807) is 7.11 Å². The van der Waals surface area contributed by atoms with Crippen molar-refractivity contribution in [1.82, 2.24) is 10.1 Å². The summed E-state index contributed by atoms with van der Waals surface area (Å²) >= 11 is 0. The topological polar surface area (TPSA) is 74.2 Å². The molecule has 1 heterocycles. The van der Waals surface area contributed by atoms with Gasteiger partial charge in [0.15, 0.2) is 0 Å². The van der Waals surface area contributed by atoms with Crippen molar-refractivity contribution in [3.63, 3.8) is 0 Å². The van der Waals surface area contributed by atoms with Crippen LogP contribution in [-0.2, 0) is 10.3 Å². The molecular weight excluding hydrogens is 194 g/mol. The van der Waals surface area contributed by atoms with Crippen molar-refractivity contribution in [2.45, 2.75) is 45.3 Å². The van der Waals surface area contributed by atoms with Crippen molar-refractivity contribution >= 4 is 0 Å². The van der Waals surface area contributed by atoms with Gasteiger partial charge in [0.25, 0.3) is 0 Å². The lowest BCUT2D eigenvalue weighted by atomic mass is 9.96. The highest BCUT2D eigenvalue weighted by atomic mass is 16.5. The zero-order chi connectivity index (χ0) is 11.5. The lowest BCUT2D eigenvalue weighted by Crippen LogP contribution is -2.28. The predicted octanol–water partition coefficient (Wildman–Crippen LogP) is 1.75. The third-order valence-corrected chi connectivity index (χ3v) is 2.77. The van der Waals surface area contributed by atoms with Crippen molar-refractivity contribution in [2.75, 3.05) is 7.11 Å². The second-order valence-corrected chi connectivity index (χ2v) is 3.65. The molecule has 0 saturated heterocycles. The summed E-state index contributed by atoms with van der Waals surface area (Å²) < 4.78 is 10.6. The Morgan fingerprint density at radius 2 is 2.07 bits per heavy atom. The van der Waals surface area contributed by atoms with Gasteiger partial charge in [-0.1, -0.05) is 19.0 Å². The van der Waals surface area contributed by atoms with Gasteiger partial charge in [-0.3, -0.25) is 0 Å². The van der Waals surface area contributed by atoms with E-state index < -0.39 is 5.60 Å². The molecule has 0 amide bonds. The highest BCUT2D eigenvalue weighted by molar-refractivity contribution is 5.02. The molecule has 86 valence electrons. The molecule has 0 aliphatic carbocycles. The molecule has 0 saturated carbocycles. The molecule has 1 aromatic heterocycles. The Bertz CT molecular complexity index is 297. The third kappa shape index (κ3) is 2.18. The highest BCUT2D eigenvalue weighted by Gasteiger charge is 2.33. The Morgan fingerprint density at radius 3 is 2.40 bits per heavy atom. The first-order chi connectivity index (χ1) is 7.09. The van der Waals surface area contributed by atoms with Crippen molar-refractivity contribution in [2.24, 2.45) is 5.73 Å². The minimum absolute atomic E-state index is 0.241. The lowest BCUT2D eigenvalue weighted by molar-refractivity contribution is -0.0306. The van der Waals surface area contributed by atoms with Crippen LogP contribution < -0.4 is 5.73 Å². The van der Waals surface area contributed by atoms with E-state index in [1.165, 1.54) is 0 Å². The average molecular weight is 213 g/mol. The predicted molar refractivity (Wildman–Crippen MR) is 56.2 cm³/mol. The number of hydrogen-bond donors (Lipinski definition) is 1. The summed E-state index contributed by atoms with van der Waals surface area (Å²) in [6, 6.07) is -0.241. The number of nitrogens with zero attached hydrogens (tertiary/aromatic N) is 2. The Balaban J connectivity index is 3.01. The van der Waals surface area contributed by atoms with Gasteiger partial charge in [-0.15, -0.1) is 0 Å². The number of rotatable bonds is 5. The monoisotopic (exact) mass is 213 g/mol. The maximum Gasteiger partial charge on any atom is 0.243 e. The molecule has 5 nitrogen and oxygen atoms in total. The quantitative estimate of drug-likeness (QED) is 0.806. The van der Waals surface area contributed by atoms with E-state index in [-0.39, 0.29) is 6.04 Å². The van der Waals surface area contributed by atoms with Crippen LogP contribution in [0.1, 0.15) is 51.4 Å². The molecule has 0 bridgehead atoms. The van der Waals surface area contributed by atoms with Gasteiger partial charge in [-0.2, -0.15) is 4.98 Å². The smallest absolute Gasteiger partial charge is 0.243 e. The van der Waals surface area contributed by atoms with Gasteiger partial charge in [0.2, 0.25) is 11.7 Å². The van der Waals surface area contributed by atoms with Crippen molar-refractivity contribution < 1.29 is 9.26 Å². The van der Waals surface area contributed by atoms with Crippen molar-refractivity contribution in [3.05, 3.63) is 11.7 Å². The Kier molecular flexibility index (Phi) is 3.82. The zero-order valence-electron chi connectivity index (χ0n) is 9.78. The van der Waals surface area contributed by atoms with Gasteiger partial charge in [-0.05, 0) is 19.8 Å². The lowest BCUT2D eigenvalue weighted by Gasteiger charge is -2.25. The molecule has 0 radical (unpaired) electrons. The molecule has 0 spiro atoms. The summed E-state index contributed by atoms with van der Waals surface area (Å²) in [6.45, 7) is 5.88. The number of aromatic nitrogens is 2. The number of nitrogens with two attached hydrogens (primary N) is 1. The Hall–Kier alpha value is -0.940. The summed E-state index contributed by atoms with van der Waals surface area (Å²) in [5.41, 5.74) is 5.21. The van der Waals surface area contributed by atoms with Crippen LogP contribution in [-0.4, -0.2) is 17.3 Å². The molecule has 0 aliphatic rings. The standard InChI is InChI=1S/C10H19N3O2/c1-5-10(6-2,14-4)9-12-8(7(3)11)15-13-9/h7H,5-6,11H2,1-4H3. The second kappa shape index (κ2) is 4.72. The number of methoxy groups -OCH3 is 1. The van der Waals surface area contributed by atoms with E-state index in [2.05, 4.69) is 10.1 Å². The molecule has 0 aliphatic heterocycles. The molecule has 0 fully saturated rings. The average Bonchev–Trinajstić information content (AvgIpc) is 2.71. The van der Waals surface area contributed by atoms with Crippen LogP contribution in [0.5, 0.6) is 0 Å². The van der Waals surface area contributed by atoms with Crippen LogP contribution in [0.15, 0.2) is 4.52 Å². The minimum Gasteiger partial charge on any atom is -0.370 e. The molecule has 1 atom stereocenters. The molecular formula is C10H19N3O2. The second-order valence-electron chi connectivity index (χ2n) is 3.65. The summed E-state index contributed by atoms with van der Waals surface area (Å²) in [4.78, 5) is 4.27. The first kappa shape index (κ1) is 12.1. The molecule has 15 heavy (non-hydrogen) atoms. The fraction of sp³-hybridized carbons (Fsp3) is 0.800. The van der Waals surface area contributed by atoms with Gasteiger partial charge in [0.05, 0.1) is 6.04 Å². The largest absolute Gasteiger partial charge is 0.370 e. The molecule has 0 aromatic carbocycles. The van der Waals surface area contributed by atoms with E-state index in [0.29, 0.717) is 11.7 Å². The van der Waals surface area contributed by atoms with Gasteiger partial charge in [0, 0.05) is 7.11 Å². The van der Waals surface area contributed by atoms with Crippen LogP contribution in [0, 0.1) is 0 Å². The van der Waals surface area contributed by atoms with Gasteiger partial charge in [0.1, 0.15) is 5.60 Å². The van der Waals surface area contributed by atoms with E-state index >= 15 is 0 Å². The molecule has 2 N–H and O–H groups in total. The molecule has 1 unspecified atom stereocenters. The van der Waals surface area contributed by atoms with E-state index in [0.717, 1.165) is 12.8 Å². The fourth-order valence-corrected chi connectivity index (χ4v) is 1.55. The Labute approximate surface area is 90.0 Å². The highest BCUT2D eigenvalue weighted by Crippen LogP contribution is 2.30. The maximum absolute atomic E-state index is 5.66. The van der Waals surface area contributed by atoms with Gasteiger partial charge < -0.3 is 15.0 Å². The van der Waals surface area contributed by atoms with Gasteiger partial charge in [-0.25, -0.2) is 0 Å². The van der Waals surface area contributed by atoms with Gasteiger partial charge >= 0.3 is 0 Å². The zero-order valence-corrected chi connectivity index (χ0v) is 9.78. The minimum atomic E-state index is -0.448. The fourth-order valence-electron chi connectivity index (χ4n) is 1.55. The molecule has 1 rings (SSSR count). The van der Waals surface area contributed by atoms with Crippen LogP contribution in [0.25, 0.3) is 0 Å². The maximum atomic E-state index is 5.66. The SMILES string of the molecule is CCC(CC)(OC)c1noc(C(C)N)n1.